The highest BCUT2D eigenvalue weighted by Gasteiger charge is 2.29. The highest BCUT2D eigenvalue weighted by Crippen LogP contribution is 2.22. The molecular formula is C13H15N5O4S2. The minimum atomic E-state index is -3.44. The second-order valence-electron chi connectivity index (χ2n) is 5.04. The fourth-order valence-corrected chi connectivity index (χ4v) is 4.90. The maximum absolute atomic E-state index is 12.5. The normalized spacial score (nSPS) is 16.1. The first kappa shape index (κ1) is 16.8. The molecule has 0 aliphatic carbocycles. The van der Waals surface area contributed by atoms with Gasteiger partial charge in [0.25, 0.3) is 15.9 Å². The van der Waals surface area contributed by atoms with Crippen LogP contribution in [0.1, 0.15) is 10.4 Å². The molecule has 1 aliphatic heterocycles. The Balaban J connectivity index is 1.66. The average Bonchev–Trinajstić information content (AvgIpc) is 3.17. The number of carbonyl (C=O) groups is 1. The maximum Gasteiger partial charge on any atom is 0.277 e. The van der Waals surface area contributed by atoms with Gasteiger partial charge in [0.05, 0.1) is 5.56 Å². The Hall–Kier alpha value is -2.08. The minimum absolute atomic E-state index is 0.139. The van der Waals surface area contributed by atoms with Gasteiger partial charge in [-0.1, -0.05) is 6.07 Å². The van der Waals surface area contributed by atoms with Crippen molar-refractivity contribution in [1.82, 2.24) is 19.8 Å². The van der Waals surface area contributed by atoms with E-state index in [1.807, 2.05) is 4.90 Å². The largest absolute Gasteiger partial charge is 0.338 e. The molecular weight excluding hydrogens is 354 g/mol. The molecule has 9 nitrogen and oxygen atoms in total. The van der Waals surface area contributed by atoms with Crippen LogP contribution in [0.4, 0.5) is 5.95 Å². The number of aromatic nitrogens is 2. The second kappa shape index (κ2) is 6.81. The zero-order chi connectivity index (χ0) is 17.2. The predicted octanol–water partition coefficient (Wildman–Crippen LogP) is 0.168. The van der Waals surface area contributed by atoms with Crippen LogP contribution < -0.4 is 10.4 Å². The summed E-state index contributed by atoms with van der Waals surface area (Å²) in [7, 11) is -3.44. The molecule has 0 spiro atoms. The van der Waals surface area contributed by atoms with Crippen LogP contribution in [0.5, 0.6) is 0 Å². The van der Waals surface area contributed by atoms with Crippen molar-refractivity contribution in [2.75, 3.05) is 31.1 Å². The molecule has 24 heavy (non-hydrogen) atoms. The Morgan fingerprint density at radius 1 is 1.21 bits per heavy atom. The van der Waals surface area contributed by atoms with E-state index in [0.717, 1.165) is 0 Å². The van der Waals surface area contributed by atoms with E-state index < -0.39 is 15.9 Å². The van der Waals surface area contributed by atoms with Crippen LogP contribution in [-0.2, 0) is 10.0 Å². The number of hydroxylamine groups is 1. The van der Waals surface area contributed by atoms with Crippen molar-refractivity contribution in [2.45, 2.75) is 4.21 Å². The van der Waals surface area contributed by atoms with Crippen molar-refractivity contribution in [3.63, 3.8) is 0 Å². The number of amides is 1. The first-order chi connectivity index (χ1) is 11.5. The monoisotopic (exact) mass is 369 g/mol. The Kier molecular flexibility index (Phi) is 4.76. The molecule has 0 radical (unpaired) electrons. The van der Waals surface area contributed by atoms with Crippen LogP contribution >= 0.6 is 11.3 Å². The van der Waals surface area contributed by atoms with E-state index in [4.69, 9.17) is 5.21 Å². The third-order valence-electron chi connectivity index (χ3n) is 3.61. The summed E-state index contributed by atoms with van der Waals surface area (Å²) < 4.78 is 26.7. The zero-order valence-electron chi connectivity index (χ0n) is 12.5. The van der Waals surface area contributed by atoms with Crippen LogP contribution in [0.2, 0.25) is 0 Å². The molecule has 0 bridgehead atoms. The molecule has 3 heterocycles. The number of nitrogens with zero attached hydrogens (tertiary/aromatic N) is 4. The smallest absolute Gasteiger partial charge is 0.277 e. The van der Waals surface area contributed by atoms with Gasteiger partial charge < -0.3 is 4.90 Å². The molecule has 0 unspecified atom stereocenters. The SMILES string of the molecule is O=C(NO)c1cnc(N2CCN(S(=O)(=O)c3cccs3)CC2)nc1. The van der Waals surface area contributed by atoms with Gasteiger partial charge in [-0.05, 0) is 11.4 Å². The summed E-state index contributed by atoms with van der Waals surface area (Å²) in [6.07, 6.45) is 2.62. The summed E-state index contributed by atoms with van der Waals surface area (Å²) in [5.74, 6) is -0.272. The fourth-order valence-electron chi connectivity index (χ4n) is 2.33. The second-order valence-corrected chi connectivity index (χ2v) is 8.15. The Labute approximate surface area is 142 Å². The molecule has 0 aromatic carbocycles. The number of rotatable bonds is 4. The van der Waals surface area contributed by atoms with Gasteiger partial charge in [0.15, 0.2) is 0 Å². The van der Waals surface area contributed by atoms with Crippen molar-refractivity contribution >= 4 is 33.2 Å². The van der Waals surface area contributed by atoms with E-state index in [9.17, 15) is 13.2 Å². The third-order valence-corrected chi connectivity index (χ3v) is 6.88. The summed E-state index contributed by atoms with van der Waals surface area (Å²) in [6, 6.07) is 3.31. The van der Waals surface area contributed by atoms with E-state index in [0.29, 0.717) is 36.3 Å². The highest BCUT2D eigenvalue weighted by atomic mass is 32.2. The number of piperazine rings is 1. The number of hydrogen-bond acceptors (Lipinski definition) is 8. The summed E-state index contributed by atoms with van der Waals surface area (Å²) in [4.78, 5) is 21.3. The molecule has 1 fully saturated rings. The standard InChI is InChI=1S/C13H15N5O4S2/c19-12(16-20)10-8-14-13(15-9-10)17-3-5-18(6-4-17)24(21,22)11-2-1-7-23-11/h1-2,7-9,20H,3-6H2,(H,16,19). The van der Waals surface area contributed by atoms with E-state index in [-0.39, 0.29) is 5.56 Å². The van der Waals surface area contributed by atoms with Gasteiger partial charge in [0, 0.05) is 38.6 Å². The third kappa shape index (κ3) is 3.24. The number of anilines is 1. The van der Waals surface area contributed by atoms with Crippen molar-refractivity contribution < 1.29 is 18.4 Å². The van der Waals surface area contributed by atoms with Crippen LogP contribution in [0.25, 0.3) is 0 Å². The summed E-state index contributed by atoms with van der Waals surface area (Å²) in [5, 5.41) is 10.3. The number of hydrogen-bond donors (Lipinski definition) is 2. The molecule has 2 aromatic heterocycles. The summed E-state index contributed by atoms with van der Waals surface area (Å²) >= 11 is 1.20. The molecule has 1 aliphatic rings. The zero-order valence-corrected chi connectivity index (χ0v) is 14.1. The quantitative estimate of drug-likeness (QED) is 0.583. The van der Waals surface area contributed by atoms with Crippen molar-refractivity contribution in [3.05, 3.63) is 35.5 Å². The van der Waals surface area contributed by atoms with Crippen LogP contribution in [0.3, 0.4) is 0 Å². The van der Waals surface area contributed by atoms with Crippen LogP contribution in [0.15, 0.2) is 34.1 Å². The fraction of sp³-hybridized carbons (Fsp3) is 0.308. The van der Waals surface area contributed by atoms with Gasteiger partial charge in [-0.2, -0.15) is 4.31 Å². The first-order valence-corrected chi connectivity index (χ1v) is 9.39. The molecule has 0 atom stereocenters. The minimum Gasteiger partial charge on any atom is -0.338 e. The lowest BCUT2D eigenvalue weighted by atomic mass is 10.3. The topological polar surface area (TPSA) is 116 Å². The van der Waals surface area contributed by atoms with E-state index in [1.54, 1.807) is 17.5 Å². The summed E-state index contributed by atoms with van der Waals surface area (Å²) in [5.41, 5.74) is 1.65. The van der Waals surface area contributed by atoms with Gasteiger partial charge in [-0.3, -0.25) is 10.0 Å². The predicted molar refractivity (Wildman–Crippen MR) is 86.6 cm³/mol. The van der Waals surface area contributed by atoms with Gasteiger partial charge in [-0.25, -0.2) is 23.9 Å². The first-order valence-electron chi connectivity index (χ1n) is 7.07. The van der Waals surface area contributed by atoms with Crippen LogP contribution in [0, 0.1) is 0 Å². The van der Waals surface area contributed by atoms with E-state index >= 15 is 0 Å². The van der Waals surface area contributed by atoms with Gasteiger partial charge in [0.1, 0.15) is 4.21 Å². The molecule has 1 amide bonds. The van der Waals surface area contributed by atoms with Crippen molar-refractivity contribution in [2.24, 2.45) is 0 Å². The van der Waals surface area contributed by atoms with Gasteiger partial charge >= 0.3 is 0 Å². The molecule has 1 saturated heterocycles. The van der Waals surface area contributed by atoms with Crippen molar-refractivity contribution in [3.8, 4) is 0 Å². The Bertz CT molecular complexity index is 799. The number of sulfonamides is 1. The number of carbonyl (C=O) groups excluding carboxylic acids is 1. The molecule has 11 heteroatoms. The lowest BCUT2D eigenvalue weighted by molar-refractivity contribution is 0.0705. The molecule has 128 valence electrons. The number of nitrogens with one attached hydrogen (secondary N) is 1. The van der Waals surface area contributed by atoms with E-state index in [2.05, 4.69) is 9.97 Å². The number of thiophene rings is 1. The lowest BCUT2D eigenvalue weighted by Gasteiger charge is -2.33. The van der Waals surface area contributed by atoms with E-state index in [1.165, 1.54) is 33.5 Å². The van der Waals surface area contributed by atoms with Crippen LogP contribution in [-0.4, -0.2) is 60.0 Å². The summed E-state index contributed by atoms with van der Waals surface area (Å²) in [6.45, 7) is 1.58. The Morgan fingerprint density at radius 2 is 1.88 bits per heavy atom. The molecule has 2 aromatic rings. The average molecular weight is 369 g/mol. The molecule has 0 saturated carbocycles. The highest BCUT2D eigenvalue weighted by molar-refractivity contribution is 7.91. The Morgan fingerprint density at radius 3 is 2.42 bits per heavy atom. The lowest BCUT2D eigenvalue weighted by Crippen LogP contribution is -2.49. The van der Waals surface area contributed by atoms with Gasteiger partial charge in [0.2, 0.25) is 5.95 Å². The maximum atomic E-state index is 12.5. The van der Waals surface area contributed by atoms with Crippen molar-refractivity contribution in [1.29, 1.82) is 0 Å². The van der Waals surface area contributed by atoms with Gasteiger partial charge in [-0.15, -0.1) is 11.3 Å². The molecule has 2 N–H and O–H groups in total. The molecule has 3 rings (SSSR count).